The van der Waals surface area contributed by atoms with E-state index < -0.39 is 0 Å². The second-order valence-corrected chi connectivity index (χ2v) is 7.34. The fourth-order valence-electron chi connectivity index (χ4n) is 2.28. The van der Waals surface area contributed by atoms with E-state index in [4.69, 9.17) is 0 Å². The van der Waals surface area contributed by atoms with Gasteiger partial charge in [0.15, 0.2) is 11.0 Å². The van der Waals surface area contributed by atoms with Crippen molar-refractivity contribution >= 4 is 39.3 Å². The van der Waals surface area contributed by atoms with Crippen LogP contribution in [0, 0.1) is 6.92 Å². The first-order valence-electron chi connectivity index (χ1n) is 7.68. The molecular formula is C18H17BrN4OS. The molecule has 0 saturated heterocycles. The molecule has 0 aliphatic heterocycles. The molecule has 0 unspecified atom stereocenters. The van der Waals surface area contributed by atoms with Gasteiger partial charge < -0.3 is 9.88 Å². The van der Waals surface area contributed by atoms with E-state index in [2.05, 4.69) is 31.4 Å². The molecule has 0 aliphatic carbocycles. The topological polar surface area (TPSA) is 59.8 Å². The molecule has 1 heterocycles. The highest BCUT2D eigenvalue weighted by atomic mass is 79.9. The zero-order chi connectivity index (χ0) is 17.8. The maximum absolute atomic E-state index is 12.1. The van der Waals surface area contributed by atoms with Crippen LogP contribution in [0.4, 0.5) is 5.69 Å². The van der Waals surface area contributed by atoms with Gasteiger partial charge in [0, 0.05) is 22.8 Å². The van der Waals surface area contributed by atoms with Gasteiger partial charge in [0.25, 0.3) is 0 Å². The highest BCUT2D eigenvalue weighted by Gasteiger charge is 2.14. The third-order valence-corrected chi connectivity index (χ3v) is 5.33. The number of rotatable bonds is 5. The van der Waals surface area contributed by atoms with Crippen molar-refractivity contribution in [1.29, 1.82) is 0 Å². The maximum atomic E-state index is 12.1. The lowest BCUT2D eigenvalue weighted by Gasteiger charge is -2.06. The number of halogens is 1. The van der Waals surface area contributed by atoms with Crippen molar-refractivity contribution in [3.63, 3.8) is 0 Å². The minimum atomic E-state index is -0.0701. The number of hydrogen-bond donors (Lipinski definition) is 1. The minimum Gasteiger partial charge on any atom is -0.325 e. The Labute approximate surface area is 159 Å². The SMILES string of the molecule is Cc1ccc(NC(=O)CSc2nnc(-c3ccccc3Br)n2C)cc1. The van der Waals surface area contributed by atoms with Crippen LogP contribution in [-0.4, -0.2) is 26.4 Å². The average Bonchev–Trinajstić information content (AvgIpc) is 2.96. The zero-order valence-electron chi connectivity index (χ0n) is 13.9. The van der Waals surface area contributed by atoms with Crippen molar-refractivity contribution in [2.45, 2.75) is 12.1 Å². The molecule has 0 aliphatic rings. The molecule has 2 aromatic carbocycles. The number of aromatic nitrogens is 3. The van der Waals surface area contributed by atoms with Crippen LogP contribution in [0.1, 0.15) is 5.56 Å². The molecule has 1 amide bonds. The van der Waals surface area contributed by atoms with Crippen LogP contribution in [-0.2, 0) is 11.8 Å². The molecule has 0 atom stereocenters. The summed E-state index contributed by atoms with van der Waals surface area (Å²) in [5.41, 5.74) is 2.92. The number of thioether (sulfide) groups is 1. The second kappa shape index (κ2) is 7.84. The fraction of sp³-hybridized carbons (Fsp3) is 0.167. The summed E-state index contributed by atoms with van der Waals surface area (Å²) in [6.07, 6.45) is 0. The van der Waals surface area contributed by atoms with Gasteiger partial charge in [-0.05, 0) is 25.1 Å². The summed E-state index contributed by atoms with van der Waals surface area (Å²) in [6.45, 7) is 2.01. The van der Waals surface area contributed by atoms with Crippen molar-refractivity contribution in [2.75, 3.05) is 11.1 Å². The molecule has 128 valence electrons. The molecule has 7 heteroatoms. The molecule has 0 fully saturated rings. The van der Waals surface area contributed by atoms with E-state index in [1.165, 1.54) is 11.8 Å². The van der Waals surface area contributed by atoms with Crippen molar-refractivity contribution < 1.29 is 4.79 Å². The van der Waals surface area contributed by atoms with Crippen molar-refractivity contribution in [1.82, 2.24) is 14.8 Å². The van der Waals surface area contributed by atoms with Crippen LogP contribution >= 0.6 is 27.7 Å². The summed E-state index contributed by atoms with van der Waals surface area (Å²) in [5, 5.41) is 12.0. The van der Waals surface area contributed by atoms with Gasteiger partial charge in [0.1, 0.15) is 0 Å². The van der Waals surface area contributed by atoms with Gasteiger partial charge in [-0.2, -0.15) is 0 Å². The molecule has 0 radical (unpaired) electrons. The summed E-state index contributed by atoms with van der Waals surface area (Å²) in [6, 6.07) is 15.6. The van der Waals surface area contributed by atoms with Crippen LogP contribution in [0.15, 0.2) is 58.2 Å². The van der Waals surface area contributed by atoms with Gasteiger partial charge in [0.2, 0.25) is 5.91 Å². The van der Waals surface area contributed by atoms with Crippen LogP contribution < -0.4 is 5.32 Å². The standard InChI is InChI=1S/C18H17BrN4OS/c1-12-7-9-13(10-8-12)20-16(24)11-25-18-22-21-17(23(18)2)14-5-3-4-6-15(14)19/h3-10H,11H2,1-2H3,(H,20,24). The number of hydrogen-bond acceptors (Lipinski definition) is 4. The summed E-state index contributed by atoms with van der Waals surface area (Å²) >= 11 is 4.89. The third kappa shape index (κ3) is 4.29. The molecule has 5 nitrogen and oxygen atoms in total. The monoisotopic (exact) mass is 416 g/mol. The Morgan fingerprint density at radius 1 is 1.16 bits per heavy atom. The van der Waals surface area contributed by atoms with E-state index in [1.807, 2.05) is 67.1 Å². The number of benzene rings is 2. The maximum Gasteiger partial charge on any atom is 0.234 e. The van der Waals surface area contributed by atoms with Crippen LogP contribution in [0.2, 0.25) is 0 Å². The van der Waals surface area contributed by atoms with Crippen molar-refractivity contribution in [2.24, 2.45) is 7.05 Å². The predicted molar refractivity (Wildman–Crippen MR) is 105 cm³/mol. The Morgan fingerprint density at radius 2 is 1.88 bits per heavy atom. The Bertz CT molecular complexity index is 892. The van der Waals surface area contributed by atoms with E-state index in [0.717, 1.165) is 27.1 Å². The van der Waals surface area contributed by atoms with Gasteiger partial charge in [-0.1, -0.05) is 63.6 Å². The normalized spacial score (nSPS) is 10.7. The van der Waals surface area contributed by atoms with E-state index in [0.29, 0.717) is 5.16 Å². The molecule has 1 aromatic heterocycles. The number of amides is 1. The summed E-state index contributed by atoms with van der Waals surface area (Å²) < 4.78 is 2.85. The Balaban J connectivity index is 1.65. The van der Waals surface area contributed by atoms with Crippen LogP contribution in [0.5, 0.6) is 0 Å². The van der Waals surface area contributed by atoms with Gasteiger partial charge in [0.05, 0.1) is 5.75 Å². The fourth-order valence-corrected chi connectivity index (χ4v) is 3.45. The van der Waals surface area contributed by atoms with Gasteiger partial charge >= 0.3 is 0 Å². The largest absolute Gasteiger partial charge is 0.325 e. The van der Waals surface area contributed by atoms with Crippen LogP contribution in [0.3, 0.4) is 0 Å². The van der Waals surface area contributed by atoms with E-state index >= 15 is 0 Å². The third-order valence-electron chi connectivity index (χ3n) is 3.62. The number of nitrogens with zero attached hydrogens (tertiary/aromatic N) is 3. The van der Waals surface area contributed by atoms with Gasteiger partial charge in [-0.15, -0.1) is 10.2 Å². The summed E-state index contributed by atoms with van der Waals surface area (Å²) in [7, 11) is 1.90. The molecule has 0 spiro atoms. The molecule has 0 bridgehead atoms. The number of aryl methyl sites for hydroxylation is 1. The van der Waals surface area contributed by atoms with Crippen molar-refractivity contribution in [3.8, 4) is 11.4 Å². The molecule has 25 heavy (non-hydrogen) atoms. The molecule has 0 saturated carbocycles. The number of nitrogens with one attached hydrogen (secondary N) is 1. The Kier molecular flexibility index (Phi) is 5.55. The Morgan fingerprint density at radius 3 is 2.60 bits per heavy atom. The molecule has 3 aromatic rings. The van der Waals surface area contributed by atoms with Gasteiger partial charge in [-0.3, -0.25) is 4.79 Å². The summed E-state index contributed by atoms with van der Waals surface area (Å²) in [4.78, 5) is 12.1. The van der Waals surface area contributed by atoms with Gasteiger partial charge in [-0.25, -0.2) is 0 Å². The van der Waals surface area contributed by atoms with E-state index in [1.54, 1.807) is 0 Å². The molecular weight excluding hydrogens is 400 g/mol. The second-order valence-electron chi connectivity index (χ2n) is 5.55. The van der Waals surface area contributed by atoms with Crippen molar-refractivity contribution in [3.05, 3.63) is 58.6 Å². The minimum absolute atomic E-state index is 0.0701. The van der Waals surface area contributed by atoms with Crippen LogP contribution in [0.25, 0.3) is 11.4 Å². The quantitative estimate of drug-likeness (QED) is 0.630. The molecule has 1 N–H and O–H groups in total. The molecule has 3 rings (SSSR count). The smallest absolute Gasteiger partial charge is 0.234 e. The van der Waals surface area contributed by atoms with E-state index in [-0.39, 0.29) is 11.7 Å². The number of anilines is 1. The zero-order valence-corrected chi connectivity index (χ0v) is 16.3. The first kappa shape index (κ1) is 17.7. The highest BCUT2D eigenvalue weighted by molar-refractivity contribution is 9.10. The predicted octanol–water partition coefficient (Wildman–Crippen LogP) is 4.28. The first-order chi connectivity index (χ1) is 12.0. The number of carbonyl (C=O) groups excluding carboxylic acids is 1. The lowest BCUT2D eigenvalue weighted by atomic mass is 10.2. The Hall–Kier alpha value is -2.12. The summed E-state index contributed by atoms with van der Waals surface area (Å²) in [5.74, 6) is 0.962. The van der Waals surface area contributed by atoms with E-state index in [9.17, 15) is 4.79 Å². The average molecular weight is 417 g/mol. The number of carbonyl (C=O) groups is 1. The first-order valence-corrected chi connectivity index (χ1v) is 9.46. The lowest BCUT2D eigenvalue weighted by molar-refractivity contribution is -0.113. The highest BCUT2D eigenvalue weighted by Crippen LogP contribution is 2.28. The lowest BCUT2D eigenvalue weighted by Crippen LogP contribution is -2.14.